The number of hydrogen-bond acceptors (Lipinski definition) is 6. The molecule has 2 amide bonds. The summed E-state index contributed by atoms with van der Waals surface area (Å²) in [6.07, 6.45) is 3.28. The number of alkyl halides is 3. The molecule has 3 aliphatic heterocycles. The van der Waals surface area contributed by atoms with Crippen LogP contribution in [0, 0.1) is 12.7 Å². The minimum absolute atomic E-state index is 0.125. The zero-order chi connectivity index (χ0) is 28.1. The molecule has 3 aliphatic rings. The van der Waals surface area contributed by atoms with Crippen LogP contribution in [0.25, 0.3) is 5.65 Å². The number of carbonyl (C=O) groups is 2. The van der Waals surface area contributed by atoms with Crippen LogP contribution in [0.1, 0.15) is 24.1 Å². The summed E-state index contributed by atoms with van der Waals surface area (Å²) in [6, 6.07) is 4.20. The molecule has 3 aromatic heterocycles. The number of amides is 2. The Morgan fingerprint density at radius 3 is 2.46 bits per heavy atom. The van der Waals surface area contributed by atoms with E-state index in [4.69, 9.17) is 9.90 Å². The lowest BCUT2D eigenvalue weighted by Crippen LogP contribution is -2.52. The van der Waals surface area contributed by atoms with E-state index in [0.717, 1.165) is 30.8 Å². The Morgan fingerprint density at radius 1 is 1.15 bits per heavy atom. The largest absolute Gasteiger partial charge is 0.490 e. The maximum Gasteiger partial charge on any atom is 0.490 e. The summed E-state index contributed by atoms with van der Waals surface area (Å²) < 4.78 is 48.0. The molecule has 3 aromatic rings. The average molecular weight is 550 g/mol. The van der Waals surface area contributed by atoms with Gasteiger partial charge in [0.25, 0.3) is 0 Å². The topological polar surface area (TPSA) is 106 Å². The number of hydrogen-bond donors (Lipinski definition) is 2. The van der Waals surface area contributed by atoms with Gasteiger partial charge >= 0.3 is 18.2 Å². The summed E-state index contributed by atoms with van der Waals surface area (Å²) in [6.45, 7) is 4.38. The lowest BCUT2D eigenvalue weighted by molar-refractivity contribution is -0.192. The van der Waals surface area contributed by atoms with E-state index in [1.54, 1.807) is 27.9 Å². The van der Waals surface area contributed by atoms with Gasteiger partial charge in [-0.15, -0.1) is 0 Å². The first kappa shape index (κ1) is 26.7. The zero-order valence-corrected chi connectivity index (χ0v) is 21.2. The maximum atomic E-state index is 14.6. The van der Waals surface area contributed by atoms with Gasteiger partial charge in [-0.05, 0) is 39.3 Å². The molecule has 0 saturated carbocycles. The molecule has 2 atom stereocenters. The number of carbonyl (C=O) groups excluding carboxylic acids is 1. The number of rotatable bonds is 2. The number of halogens is 4. The molecule has 6 rings (SSSR count). The number of carboxylic acid groups (broad SMARTS) is 1. The number of fused-ring (bicyclic) bond motifs is 4. The van der Waals surface area contributed by atoms with Crippen LogP contribution < -0.4 is 15.1 Å². The predicted molar refractivity (Wildman–Crippen MR) is 135 cm³/mol. The number of likely N-dealkylation sites (N-methyl/N-ethyl adjacent to an activating group) is 1. The molecule has 0 aliphatic carbocycles. The van der Waals surface area contributed by atoms with Crippen molar-refractivity contribution in [3.63, 3.8) is 0 Å². The van der Waals surface area contributed by atoms with Gasteiger partial charge in [0.05, 0.1) is 11.4 Å². The Labute approximate surface area is 220 Å². The summed E-state index contributed by atoms with van der Waals surface area (Å²) in [5.41, 5.74) is 3.71. The van der Waals surface area contributed by atoms with Gasteiger partial charge in [-0.3, -0.25) is 9.80 Å². The smallest absolute Gasteiger partial charge is 0.475 e. The first-order valence-electron chi connectivity index (χ1n) is 12.4. The summed E-state index contributed by atoms with van der Waals surface area (Å²) >= 11 is 0. The summed E-state index contributed by atoms with van der Waals surface area (Å²) in [4.78, 5) is 37.3. The van der Waals surface area contributed by atoms with E-state index in [2.05, 4.69) is 38.2 Å². The van der Waals surface area contributed by atoms with E-state index in [0.29, 0.717) is 30.1 Å². The number of urea groups is 1. The third kappa shape index (κ3) is 5.20. The number of imidazole rings is 1. The Morgan fingerprint density at radius 2 is 1.82 bits per heavy atom. The number of aliphatic carboxylic acids is 1. The minimum Gasteiger partial charge on any atom is -0.475 e. The van der Waals surface area contributed by atoms with Gasteiger partial charge in [0.2, 0.25) is 0 Å². The molecule has 0 radical (unpaired) electrons. The number of nitrogens with one attached hydrogen (secondary N) is 1. The summed E-state index contributed by atoms with van der Waals surface area (Å²) in [7, 11) is 2.23. The van der Waals surface area contributed by atoms with E-state index in [-0.39, 0.29) is 11.7 Å². The second-order valence-electron chi connectivity index (χ2n) is 9.91. The number of aryl methyl sites for hydroxylation is 1. The van der Waals surface area contributed by atoms with Crippen molar-refractivity contribution in [3.05, 3.63) is 47.8 Å². The third-order valence-electron chi connectivity index (χ3n) is 7.43. The van der Waals surface area contributed by atoms with E-state index in [1.807, 2.05) is 6.92 Å². The Bertz CT molecular complexity index is 1410. The molecule has 2 unspecified atom stereocenters. The normalized spacial score (nSPS) is 20.6. The van der Waals surface area contributed by atoms with Gasteiger partial charge in [-0.1, -0.05) is 0 Å². The number of pyridine rings is 2. The van der Waals surface area contributed by atoms with E-state index in [1.165, 1.54) is 24.6 Å². The molecule has 10 nitrogen and oxygen atoms in total. The Balaban J connectivity index is 0.000000392. The molecule has 0 spiro atoms. The summed E-state index contributed by atoms with van der Waals surface area (Å²) in [5.74, 6) is -2.59. The average Bonchev–Trinajstić information content (AvgIpc) is 3.50. The first-order valence-corrected chi connectivity index (χ1v) is 12.4. The third-order valence-corrected chi connectivity index (χ3v) is 7.43. The standard InChI is InChI=1S/C23H26FN7O.C2HF3O2/c1-14-10-30-13-19(18(24)9-21(30)26-14)27-23(32)31-8-6-17-20(5-7-25-22(17)31)29-11-15-3-4-16(12-29)28(15)2;3-2(4,5)1(6)7/h5,7,9-10,13,15-16H,3-4,6,8,11-12H2,1-2H3,(H,27,32);(H,6,7). The van der Waals surface area contributed by atoms with Crippen molar-refractivity contribution in [2.75, 3.05) is 41.8 Å². The second kappa shape index (κ2) is 9.98. The second-order valence-corrected chi connectivity index (χ2v) is 9.91. The fraction of sp³-hybridized carbons (Fsp3) is 0.440. The van der Waals surface area contributed by atoms with Crippen LogP contribution in [0.4, 0.5) is 39.5 Å². The molecule has 14 heteroatoms. The highest BCUT2D eigenvalue weighted by Gasteiger charge is 2.40. The van der Waals surface area contributed by atoms with Crippen LogP contribution in [0.5, 0.6) is 0 Å². The molecule has 208 valence electrons. The van der Waals surface area contributed by atoms with Crippen molar-refractivity contribution in [1.82, 2.24) is 19.3 Å². The molecule has 2 bridgehead atoms. The van der Waals surface area contributed by atoms with E-state index >= 15 is 0 Å². The van der Waals surface area contributed by atoms with Crippen molar-refractivity contribution in [2.45, 2.75) is 44.4 Å². The Kier molecular flexibility index (Phi) is 6.83. The van der Waals surface area contributed by atoms with Gasteiger partial charge < -0.3 is 19.7 Å². The molecule has 2 saturated heterocycles. The monoisotopic (exact) mass is 549 g/mol. The van der Waals surface area contributed by atoms with Crippen LogP contribution in [0.3, 0.4) is 0 Å². The molecular formula is C25H27F4N7O3. The highest BCUT2D eigenvalue weighted by atomic mass is 19.4. The molecule has 6 heterocycles. The van der Waals surface area contributed by atoms with Gasteiger partial charge in [0.1, 0.15) is 11.5 Å². The van der Waals surface area contributed by atoms with Crippen molar-refractivity contribution >= 4 is 34.8 Å². The van der Waals surface area contributed by atoms with E-state index in [9.17, 15) is 22.4 Å². The van der Waals surface area contributed by atoms with Gasteiger partial charge in [0.15, 0.2) is 5.82 Å². The van der Waals surface area contributed by atoms with Crippen LogP contribution >= 0.6 is 0 Å². The highest BCUT2D eigenvalue weighted by molar-refractivity contribution is 6.03. The van der Waals surface area contributed by atoms with Gasteiger partial charge in [0, 0.05) is 67.6 Å². The lowest BCUT2D eigenvalue weighted by atomic mass is 10.1. The molecular weight excluding hydrogens is 522 g/mol. The van der Waals surface area contributed by atoms with Crippen LogP contribution in [-0.4, -0.2) is 81.3 Å². The molecule has 2 fully saturated rings. The number of carboxylic acids is 1. The predicted octanol–water partition coefficient (Wildman–Crippen LogP) is 3.69. The SMILES string of the molecule is Cc1cn2cc(NC(=O)N3CCc4c(N5CC6CCC(C5)N6C)ccnc43)c(F)cc2n1.O=C(O)C(F)(F)F. The molecule has 0 aromatic carbocycles. The summed E-state index contributed by atoms with van der Waals surface area (Å²) in [5, 5.41) is 9.85. The molecule has 2 N–H and O–H groups in total. The van der Waals surface area contributed by atoms with Crippen molar-refractivity contribution < 1.29 is 32.3 Å². The number of aromatic nitrogens is 3. The highest BCUT2D eigenvalue weighted by Crippen LogP contribution is 2.38. The Hall–Kier alpha value is -3.94. The quantitative estimate of drug-likeness (QED) is 0.470. The number of piperazine rings is 1. The van der Waals surface area contributed by atoms with Crippen molar-refractivity contribution in [3.8, 4) is 0 Å². The first-order chi connectivity index (χ1) is 18.4. The maximum absolute atomic E-state index is 14.6. The lowest BCUT2D eigenvalue weighted by Gasteiger charge is -2.40. The minimum atomic E-state index is -5.08. The van der Waals surface area contributed by atoms with Crippen molar-refractivity contribution in [2.24, 2.45) is 0 Å². The fourth-order valence-corrected chi connectivity index (χ4v) is 5.49. The van der Waals surface area contributed by atoms with Crippen LogP contribution in [0.15, 0.2) is 30.7 Å². The number of nitrogens with zero attached hydrogens (tertiary/aromatic N) is 6. The van der Waals surface area contributed by atoms with Crippen LogP contribution in [-0.2, 0) is 11.2 Å². The number of anilines is 3. The van der Waals surface area contributed by atoms with Crippen LogP contribution in [0.2, 0.25) is 0 Å². The van der Waals surface area contributed by atoms with Gasteiger partial charge in [-0.25, -0.2) is 23.9 Å². The zero-order valence-electron chi connectivity index (χ0n) is 21.2. The molecule has 39 heavy (non-hydrogen) atoms. The van der Waals surface area contributed by atoms with Gasteiger partial charge in [-0.2, -0.15) is 13.2 Å². The van der Waals surface area contributed by atoms with E-state index < -0.39 is 18.0 Å². The van der Waals surface area contributed by atoms with Crippen molar-refractivity contribution in [1.29, 1.82) is 0 Å². The fourth-order valence-electron chi connectivity index (χ4n) is 5.49.